The molecule has 0 saturated carbocycles. The molecule has 0 aromatic heterocycles. The standard InChI is InChI=1S/C6H10S/c1-6(2)4-3-5-7/h3,6H,4H2,1-2H3. The molecule has 0 atom stereocenters. The smallest absolute Gasteiger partial charge is 0.0243 e. The van der Waals surface area contributed by atoms with E-state index in [4.69, 9.17) is 0 Å². The Bertz CT molecular complexity index is 78.2. The lowest BCUT2D eigenvalue weighted by molar-refractivity contribution is 0.666. The van der Waals surface area contributed by atoms with Crippen LogP contribution in [-0.4, -0.2) is 5.02 Å². The van der Waals surface area contributed by atoms with Gasteiger partial charge in [0.15, 0.2) is 0 Å². The topological polar surface area (TPSA) is 0 Å². The van der Waals surface area contributed by atoms with Crippen LogP contribution < -0.4 is 0 Å². The van der Waals surface area contributed by atoms with Crippen molar-refractivity contribution in [2.45, 2.75) is 20.3 Å². The molecule has 0 rings (SSSR count). The SMILES string of the molecule is CC(C)CC=C=S. The first-order valence-electron chi connectivity index (χ1n) is 2.46. The van der Waals surface area contributed by atoms with Crippen LogP contribution in [0.25, 0.3) is 0 Å². The number of hydrogen-bond donors (Lipinski definition) is 0. The van der Waals surface area contributed by atoms with Gasteiger partial charge in [-0.2, -0.15) is 0 Å². The summed E-state index contributed by atoms with van der Waals surface area (Å²) in [6.07, 6.45) is 2.95. The maximum absolute atomic E-state index is 4.46. The lowest BCUT2D eigenvalue weighted by Crippen LogP contribution is -1.80. The Hall–Kier alpha value is -0.130. The molecule has 0 spiro atoms. The van der Waals surface area contributed by atoms with Crippen molar-refractivity contribution in [2.75, 3.05) is 0 Å². The molecule has 0 amide bonds. The minimum atomic E-state index is 0.718. The van der Waals surface area contributed by atoms with E-state index in [9.17, 15) is 0 Å². The predicted octanol–water partition coefficient (Wildman–Crippen LogP) is 2.19. The fourth-order valence-electron chi connectivity index (χ4n) is 0.284. The van der Waals surface area contributed by atoms with Gasteiger partial charge in [-0.1, -0.05) is 18.9 Å². The van der Waals surface area contributed by atoms with E-state index >= 15 is 0 Å². The molecule has 0 aliphatic heterocycles. The van der Waals surface area contributed by atoms with Gasteiger partial charge >= 0.3 is 0 Å². The first kappa shape index (κ1) is 6.87. The van der Waals surface area contributed by atoms with Crippen LogP contribution in [0.2, 0.25) is 0 Å². The lowest BCUT2D eigenvalue weighted by Gasteiger charge is -1.92. The number of hydrogen-bond acceptors (Lipinski definition) is 1. The second-order valence-electron chi connectivity index (χ2n) is 1.95. The first-order chi connectivity index (χ1) is 3.27. The Kier molecular flexibility index (Phi) is 3.97. The van der Waals surface area contributed by atoms with Crippen molar-refractivity contribution in [3.05, 3.63) is 6.08 Å². The van der Waals surface area contributed by atoms with Crippen LogP contribution in [0, 0.1) is 5.92 Å². The summed E-state index contributed by atoms with van der Waals surface area (Å²) >= 11 is 4.46. The van der Waals surface area contributed by atoms with Crippen LogP contribution in [0.4, 0.5) is 0 Å². The Morgan fingerprint density at radius 2 is 2.29 bits per heavy atom. The molecule has 0 aliphatic carbocycles. The van der Waals surface area contributed by atoms with Gasteiger partial charge in [-0.25, -0.2) is 0 Å². The monoisotopic (exact) mass is 114 g/mol. The molecule has 0 aromatic rings. The number of allylic oxidation sites excluding steroid dienone is 1. The van der Waals surface area contributed by atoms with E-state index in [0.29, 0.717) is 0 Å². The third-order valence-electron chi connectivity index (χ3n) is 0.673. The average Bonchev–Trinajstić information content (AvgIpc) is 1.61. The number of thiocarbonyl (C=S) groups is 1. The summed E-state index contributed by atoms with van der Waals surface area (Å²) < 4.78 is 0. The van der Waals surface area contributed by atoms with Crippen LogP contribution in [0.3, 0.4) is 0 Å². The zero-order valence-corrected chi connectivity index (χ0v) is 5.59. The lowest BCUT2D eigenvalue weighted by atomic mass is 10.1. The second kappa shape index (κ2) is 4.04. The summed E-state index contributed by atoms with van der Waals surface area (Å²) in [6.45, 7) is 4.31. The summed E-state index contributed by atoms with van der Waals surface area (Å²) in [5.74, 6) is 0.718. The predicted molar refractivity (Wildman–Crippen MR) is 36.6 cm³/mol. The van der Waals surface area contributed by atoms with Gasteiger partial charge in [0.25, 0.3) is 0 Å². The van der Waals surface area contributed by atoms with Crippen molar-refractivity contribution in [1.82, 2.24) is 0 Å². The van der Waals surface area contributed by atoms with E-state index in [1.54, 1.807) is 0 Å². The summed E-state index contributed by atoms with van der Waals surface area (Å²) in [5, 5.41) is 2.56. The molecule has 0 fully saturated rings. The maximum atomic E-state index is 4.46. The highest BCUT2D eigenvalue weighted by Gasteiger charge is 1.84. The highest BCUT2D eigenvalue weighted by Crippen LogP contribution is 1.96. The largest absolute Gasteiger partial charge is 0.0625 e. The molecular formula is C6H10S. The molecule has 0 N–H and O–H groups in total. The number of rotatable bonds is 2. The molecule has 40 valence electrons. The van der Waals surface area contributed by atoms with Gasteiger partial charge in [0.1, 0.15) is 0 Å². The van der Waals surface area contributed by atoms with Crippen LogP contribution in [0.15, 0.2) is 6.08 Å². The van der Waals surface area contributed by atoms with E-state index in [1.165, 1.54) is 0 Å². The van der Waals surface area contributed by atoms with Gasteiger partial charge in [0, 0.05) is 0 Å². The zero-order chi connectivity index (χ0) is 5.70. The van der Waals surface area contributed by atoms with E-state index in [2.05, 4.69) is 31.1 Å². The molecule has 0 bridgehead atoms. The summed E-state index contributed by atoms with van der Waals surface area (Å²) in [5.41, 5.74) is 0. The summed E-state index contributed by atoms with van der Waals surface area (Å²) in [6, 6.07) is 0. The Balaban J connectivity index is 3.13. The van der Waals surface area contributed by atoms with Crippen molar-refractivity contribution in [2.24, 2.45) is 5.92 Å². The molecule has 1 heteroatoms. The van der Waals surface area contributed by atoms with Gasteiger partial charge in [0.2, 0.25) is 0 Å². The third-order valence-corrected chi connectivity index (χ3v) is 0.839. The fourth-order valence-corrected chi connectivity index (χ4v) is 0.380. The van der Waals surface area contributed by atoms with Gasteiger partial charge < -0.3 is 0 Å². The molecule has 0 unspecified atom stereocenters. The fraction of sp³-hybridized carbons (Fsp3) is 0.667. The van der Waals surface area contributed by atoms with Crippen LogP contribution >= 0.6 is 12.2 Å². The zero-order valence-electron chi connectivity index (χ0n) is 4.77. The van der Waals surface area contributed by atoms with Crippen molar-refractivity contribution >= 4 is 17.2 Å². The van der Waals surface area contributed by atoms with E-state index in [-0.39, 0.29) is 0 Å². The summed E-state index contributed by atoms with van der Waals surface area (Å²) in [7, 11) is 0. The third kappa shape index (κ3) is 5.87. The maximum Gasteiger partial charge on any atom is -0.0243 e. The first-order valence-corrected chi connectivity index (χ1v) is 2.87. The van der Waals surface area contributed by atoms with Crippen LogP contribution in [0.1, 0.15) is 20.3 Å². The van der Waals surface area contributed by atoms with Gasteiger partial charge in [-0.3, -0.25) is 0 Å². The van der Waals surface area contributed by atoms with Crippen molar-refractivity contribution in [1.29, 1.82) is 0 Å². The minimum absolute atomic E-state index is 0.718. The van der Waals surface area contributed by atoms with E-state index in [0.717, 1.165) is 12.3 Å². The average molecular weight is 114 g/mol. The Labute approximate surface area is 50.2 Å². The van der Waals surface area contributed by atoms with Gasteiger partial charge in [-0.15, -0.1) is 0 Å². The normalized spacial score (nSPS) is 8.43. The molecule has 0 saturated heterocycles. The van der Waals surface area contributed by atoms with Crippen molar-refractivity contribution in [3.63, 3.8) is 0 Å². The molecule has 0 radical (unpaired) electrons. The minimum Gasteiger partial charge on any atom is -0.0625 e. The summed E-state index contributed by atoms with van der Waals surface area (Å²) in [4.78, 5) is 0. The van der Waals surface area contributed by atoms with Crippen molar-refractivity contribution < 1.29 is 0 Å². The molecule has 0 aliphatic rings. The highest BCUT2D eigenvalue weighted by molar-refractivity contribution is 7.78. The molecule has 0 aromatic carbocycles. The second-order valence-corrected chi connectivity index (χ2v) is 2.19. The van der Waals surface area contributed by atoms with Crippen LogP contribution in [-0.2, 0) is 0 Å². The highest BCUT2D eigenvalue weighted by atomic mass is 32.1. The molecule has 7 heavy (non-hydrogen) atoms. The molecule has 0 heterocycles. The van der Waals surface area contributed by atoms with E-state index < -0.39 is 0 Å². The Morgan fingerprint density at radius 3 is 2.43 bits per heavy atom. The van der Waals surface area contributed by atoms with E-state index in [1.807, 2.05) is 6.08 Å². The molecular weight excluding hydrogens is 104 g/mol. The Morgan fingerprint density at radius 1 is 1.71 bits per heavy atom. The van der Waals surface area contributed by atoms with Crippen LogP contribution in [0.5, 0.6) is 0 Å². The molecule has 0 nitrogen and oxygen atoms in total. The van der Waals surface area contributed by atoms with Gasteiger partial charge in [-0.05, 0) is 30.6 Å². The van der Waals surface area contributed by atoms with Crippen molar-refractivity contribution in [3.8, 4) is 0 Å². The quantitative estimate of drug-likeness (QED) is 0.496. The van der Waals surface area contributed by atoms with Gasteiger partial charge in [0.05, 0.1) is 0 Å².